The average Bonchev–Trinajstić information content (AvgIpc) is 2.75. The number of carbonyl (C=O) groups is 2. The predicted molar refractivity (Wildman–Crippen MR) is 59.1 cm³/mol. The van der Waals surface area contributed by atoms with Crippen molar-refractivity contribution in [2.75, 3.05) is 11.6 Å². The molecular weight excluding hydrogens is 224 g/mol. The van der Waals surface area contributed by atoms with Gasteiger partial charge >= 0.3 is 5.97 Å². The summed E-state index contributed by atoms with van der Waals surface area (Å²) in [6, 6.07) is 6.37. The summed E-state index contributed by atoms with van der Waals surface area (Å²) in [6.07, 6.45) is -1.07. The van der Waals surface area contributed by atoms with Crippen LogP contribution < -0.4 is 10.4 Å². The third kappa shape index (κ3) is 2.36. The maximum atomic E-state index is 11.0. The van der Waals surface area contributed by atoms with Crippen molar-refractivity contribution in [2.45, 2.75) is 12.5 Å². The van der Waals surface area contributed by atoms with Gasteiger partial charge in [0.15, 0.2) is 6.10 Å². The normalized spacial score (nSPS) is 16.8. The van der Waals surface area contributed by atoms with Crippen LogP contribution in [0.4, 0.5) is 5.69 Å². The van der Waals surface area contributed by atoms with Crippen LogP contribution >= 0.6 is 0 Å². The van der Waals surface area contributed by atoms with Crippen molar-refractivity contribution in [3.8, 4) is 0 Å². The Labute approximate surface area is 97.4 Å². The number of carboxylic acid groups (broad SMARTS) is 1. The number of aliphatic carboxylic acids is 1. The molecule has 1 aliphatic heterocycles. The average molecular weight is 236 g/mol. The highest BCUT2D eigenvalue weighted by molar-refractivity contribution is 5.81. The summed E-state index contributed by atoms with van der Waals surface area (Å²) in [4.78, 5) is 21.6. The van der Waals surface area contributed by atoms with Crippen molar-refractivity contribution < 1.29 is 19.8 Å². The quantitative estimate of drug-likeness (QED) is 0.689. The SMILES string of the molecule is O=C1CCN(c2ccc(C(O)C(=O)O)cc2)N1. The van der Waals surface area contributed by atoms with E-state index in [4.69, 9.17) is 5.11 Å². The molecule has 0 bridgehead atoms. The molecule has 1 saturated heterocycles. The molecule has 0 spiro atoms. The first-order valence-corrected chi connectivity index (χ1v) is 5.16. The maximum absolute atomic E-state index is 11.0. The lowest BCUT2D eigenvalue weighted by molar-refractivity contribution is -0.146. The van der Waals surface area contributed by atoms with Crippen molar-refractivity contribution in [3.05, 3.63) is 29.8 Å². The number of carbonyl (C=O) groups excluding carboxylic acids is 1. The first kappa shape index (κ1) is 11.4. The van der Waals surface area contributed by atoms with Gasteiger partial charge in [-0.25, -0.2) is 4.79 Å². The Morgan fingerprint density at radius 2 is 2.00 bits per heavy atom. The molecule has 0 aliphatic carbocycles. The number of nitrogens with zero attached hydrogens (tertiary/aromatic N) is 1. The maximum Gasteiger partial charge on any atom is 0.337 e. The zero-order valence-corrected chi connectivity index (χ0v) is 8.96. The number of aliphatic hydroxyl groups is 1. The van der Waals surface area contributed by atoms with E-state index in [2.05, 4.69) is 5.43 Å². The van der Waals surface area contributed by atoms with E-state index >= 15 is 0 Å². The van der Waals surface area contributed by atoms with E-state index in [1.807, 2.05) is 0 Å². The van der Waals surface area contributed by atoms with Crippen LogP contribution in [0.5, 0.6) is 0 Å². The molecule has 1 atom stereocenters. The largest absolute Gasteiger partial charge is 0.479 e. The van der Waals surface area contributed by atoms with Crippen LogP contribution in [0.1, 0.15) is 18.1 Å². The van der Waals surface area contributed by atoms with E-state index in [-0.39, 0.29) is 5.91 Å². The fourth-order valence-electron chi connectivity index (χ4n) is 1.65. The van der Waals surface area contributed by atoms with E-state index in [0.29, 0.717) is 18.5 Å². The van der Waals surface area contributed by atoms with E-state index in [0.717, 1.165) is 5.69 Å². The van der Waals surface area contributed by atoms with Gasteiger partial charge in [-0.3, -0.25) is 15.2 Å². The van der Waals surface area contributed by atoms with Crippen LogP contribution in [-0.4, -0.2) is 28.6 Å². The van der Waals surface area contributed by atoms with Crippen LogP contribution in [0.15, 0.2) is 24.3 Å². The van der Waals surface area contributed by atoms with E-state index < -0.39 is 12.1 Å². The molecule has 1 heterocycles. The molecule has 0 aromatic heterocycles. The van der Waals surface area contributed by atoms with Crippen LogP contribution in [-0.2, 0) is 9.59 Å². The Hall–Kier alpha value is -2.08. The van der Waals surface area contributed by atoms with Crippen molar-refractivity contribution in [1.29, 1.82) is 0 Å². The molecule has 6 heteroatoms. The summed E-state index contributed by atoms with van der Waals surface area (Å²) in [6.45, 7) is 0.583. The molecule has 1 aromatic rings. The van der Waals surface area contributed by atoms with Crippen LogP contribution in [0.2, 0.25) is 0 Å². The first-order chi connectivity index (χ1) is 8.08. The van der Waals surface area contributed by atoms with Crippen LogP contribution in [0.3, 0.4) is 0 Å². The van der Waals surface area contributed by atoms with Gasteiger partial charge in [0.25, 0.3) is 0 Å². The summed E-state index contributed by atoms with van der Waals surface area (Å²) in [5.41, 5.74) is 3.73. The van der Waals surface area contributed by atoms with Gasteiger partial charge in [0.1, 0.15) is 0 Å². The molecule has 1 fully saturated rings. The predicted octanol–water partition coefficient (Wildman–Crippen LogP) is 0.0459. The van der Waals surface area contributed by atoms with Gasteiger partial charge in [-0.15, -0.1) is 0 Å². The molecule has 0 saturated carbocycles. The third-order valence-corrected chi connectivity index (χ3v) is 2.58. The summed E-state index contributed by atoms with van der Waals surface area (Å²) < 4.78 is 0. The van der Waals surface area contributed by atoms with Gasteiger partial charge in [-0.1, -0.05) is 12.1 Å². The topological polar surface area (TPSA) is 89.9 Å². The molecule has 17 heavy (non-hydrogen) atoms. The summed E-state index contributed by atoms with van der Waals surface area (Å²) in [5.74, 6) is -1.33. The van der Waals surface area contributed by atoms with Crippen molar-refractivity contribution >= 4 is 17.6 Å². The number of nitrogens with one attached hydrogen (secondary N) is 1. The lowest BCUT2D eigenvalue weighted by atomic mass is 10.1. The van der Waals surface area contributed by atoms with E-state index in [1.54, 1.807) is 17.1 Å². The van der Waals surface area contributed by atoms with Crippen LogP contribution in [0.25, 0.3) is 0 Å². The fourth-order valence-corrected chi connectivity index (χ4v) is 1.65. The van der Waals surface area contributed by atoms with Gasteiger partial charge in [0, 0.05) is 13.0 Å². The lowest BCUT2D eigenvalue weighted by Gasteiger charge is -2.17. The first-order valence-electron chi connectivity index (χ1n) is 5.16. The van der Waals surface area contributed by atoms with Crippen molar-refractivity contribution in [3.63, 3.8) is 0 Å². The Morgan fingerprint density at radius 3 is 2.47 bits per heavy atom. The van der Waals surface area contributed by atoms with E-state index in [9.17, 15) is 14.7 Å². The minimum absolute atomic E-state index is 0.0420. The number of hydrogen-bond donors (Lipinski definition) is 3. The fraction of sp³-hybridized carbons (Fsp3) is 0.273. The van der Waals surface area contributed by atoms with Gasteiger partial charge < -0.3 is 10.2 Å². The number of hydrogen-bond acceptors (Lipinski definition) is 4. The molecule has 1 amide bonds. The highest BCUT2D eigenvalue weighted by Gasteiger charge is 2.20. The number of hydrazine groups is 1. The second-order valence-electron chi connectivity index (χ2n) is 3.77. The van der Waals surface area contributed by atoms with Gasteiger partial charge in [-0.05, 0) is 17.7 Å². The van der Waals surface area contributed by atoms with Crippen LogP contribution in [0, 0.1) is 0 Å². The Morgan fingerprint density at radius 1 is 1.35 bits per heavy atom. The molecule has 90 valence electrons. The van der Waals surface area contributed by atoms with Crippen molar-refractivity contribution in [2.24, 2.45) is 0 Å². The molecule has 6 nitrogen and oxygen atoms in total. The number of amides is 1. The molecule has 1 aliphatic rings. The monoisotopic (exact) mass is 236 g/mol. The smallest absolute Gasteiger partial charge is 0.337 e. The number of anilines is 1. The molecule has 1 aromatic carbocycles. The van der Waals surface area contributed by atoms with Gasteiger partial charge in [-0.2, -0.15) is 0 Å². The number of rotatable bonds is 3. The minimum Gasteiger partial charge on any atom is -0.479 e. The number of carboxylic acids is 1. The summed E-state index contributed by atoms with van der Waals surface area (Å²) >= 11 is 0. The Bertz CT molecular complexity index is 443. The molecule has 2 rings (SSSR count). The third-order valence-electron chi connectivity index (χ3n) is 2.58. The zero-order chi connectivity index (χ0) is 12.4. The molecular formula is C11H12N2O4. The molecule has 0 radical (unpaired) electrons. The Balaban J connectivity index is 2.13. The standard InChI is InChI=1S/C11H12N2O4/c14-9-5-6-13(12-9)8-3-1-7(2-4-8)10(15)11(16)17/h1-4,10,15H,5-6H2,(H,12,14)(H,16,17). The zero-order valence-electron chi connectivity index (χ0n) is 8.96. The minimum atomic E-state index is -1.52. The molecule has 3 N–H and O–H groups in total. The highest BCUT2D eigenvalue weighted by atomic mass is 16.4. The highest BCUT2D eigenvalue weighted by Crippen LogP contribution is 2.20. The van der Waals surface area contributed by atoms with Gasteiger partial charge in [0.2, 0.25) is 5.91 Å². The summed E-state index contributed by atoms with van der Waals surface area (Å²) in [7, 11) is 0. The van der Waals surface area contributed by atoms with E-state index in [1.165, 1.54) is 12.1 Å². The summed E-state index contributed by atoms with van der Waals surface area (Å²) in [5, 5.41) is 19.6. The second-order valence-corrected chi connectivity index (χ2v) is 3.77. The second kappa shape index (κ2) is 4.42. The van der Waals surface area contributed by atoms with Crippen molar-refractivity contribution in [1.82, 2.24) is 5.43 Å². The van der Waals surface area contributed by atoms with Gasteiger partial charge in [0.05, 0.1) is 5.69 Å². The Kier molecular flexibility index (Phi) is 2.97. The molecule has 1 unspecified atom stereocenters. The lowest BCUT2D eigenvalue weighted by Crippen LogP contribution is -2.32. The number of benzene rings is 1. The number of aliphatic hydroxyl groups excluding tert-OH is 1.